The van der Waals surface area contributed by atoms with E-state index in [0.717, 1.165) is 12.8 Å². The molecule has 1 heterocycles. The van der Waals surface area contributed by atoms with Gasteiger partial charge in [-0.1, -0.05) is 19.8 Å². The predicted octanol–water partition coefficient (Wildman–Crippen LogP) is 1.29. The number of unbranched alkanes of at least 4 members (excludes halogenated alkanes) is 2. The number of guanidine groups is 1. The summed E-state index contributed by atoms with van der Waals surface area (Å²) in [5.41, 5.74) is 10.9. The minimum atomic E-state index is -5.08. The van der Waals surface area contributed by atoms with Gasteiger partial charge in [0, 0.05) is 6.20 Å². The topological polar surface area (TPSA) is 114 Å². The van der Waals surface area contributed by atoms with Crippen LogP contribution >= 0.6 is 0 Å². The maximum Gasteiger partial charge on any atom is 0.490 e. The molecule has 0 spiro atoms. The maximum atomic E-state index is 10.6. The minimum absolute atomic E-state index is 0.404. The lowest BCUT2D eigenvalue weighted by Gasteiger charge is -2.24. The van der Waals surface area contributed by atoms with Crippen LogP contribution in [0.3, 0.4) is 0 Å². The second-order valence-electron chi connectivity index (χ2n) is 4.23. The van der Waals surface area contributed by atoms with Crippen LogP contribution in [-0.2, 0) is 4.79 Å². The van der Waals surface area contributed by atoms with Gasteiger partial charge in [-0.05, 0) is 18.9 Å². The Kier molecular flexibility index (Phi) is 7.05. The smallest absolute Gasteiger partial charge is 0.475 e. The second kappa shape index (κ2) is 7.73. The molecule has 1 aliphatic rings. The molecule has 0 fully saturated rings. The number of nitrogens with zero attached hydrogens (tertiary/aromatic N) is 1. The van der Waals surface area contributed by atoms with E-state index >= 15 is 0 Å². The highest BCUT2D eigenvalue weighted by Gasteiger charge is 2.38. The van der Waals surface area contributed by atoms with Crippen molar-refractivity contribution in [1.82, 2.24) is 5.32 Å². The van der Waals surface area contributed by atoms with Crippen molar-refractivity contribution in [2.75, 3.05) is 0 Å². The molecular weight excluding hydrogens is 277 g/mol. The van der Waals surface area contributed by atoms with Crippen LogP contribution in [0.25, 0.3) is 0 Å². The Bertz CT molecular complexity index is 382. The molecule has 0 aromatic carbocycles. The molecule has 116 valence electrons. The molecule has 0 amide bonds. The fourth-order valence-corrected chi connectivity index (χ4v) is 1.36. The number of halogens is 3. The molecule has 1 atom stereocenters. The largest absolute Gasteiger partial charge is 0.490 e. The van der Waals surface area contributed by atoms with Crippen molar-refractivity contribution in [3.8, 4) is 0 Å². The lowest BCUT2D eigenvalue weighted by atomic mass is 10.0. The van der Waals surface area contributed by atoms with Gasteiger partial charge < -0.3 is 21.9 Å². The molecule has 0 bridgehead atoms. The summed E-state index contributed by atoms with van der Waals surface area (Å²) in [4.78, 5) is 13.1. The van der Waals surface area contributed by atoms with Gasteiger partial charge in [0.1, 0.15) is 5.66 Å². The molecule has 0 saturated carbocycles. The second-order valence-corrected chi connectivity index (χ2v) is 4.23. The molecule has 0 aromatic heterocycles. The van der Waals surface area contributed by atoms with E-state index in [9.17, 15) is 13.2 Å². The number of aliphatic carboxylic acids is 1. The molecule has 0 radical (unpaired) electrons. The number of carboxylic acid groups (broad SMARTS) is 1. The van der Waals surface area contributed by atoms with Crippen molar-refractivity contribution in [2.24, 2.45) is 16.5 Å². The zero-order chi connectivity index (χ0) is 15.8. The summed E-state index contributed by atoms with van der Waals surface area (Å²) in [5.74, 6) is -2.35. The van der Waals surface area contributed by atoms with Crippen molar-refractivity contribution < 1.29 is 23.1 Å². The first-order chi connectivity index (χ1) is 9.10. The van der Waals surface area contributed by atoms with Crippen LogP contribution in [0.1, 0.15) is 32.6 Å². The maximum absolute atomic E-state index is 10.6. The highest BCUT2D eigenvalue weighted by Crippen LogP contribution is 2.17. The van der Waals surface area contributed by atoms with Gasteiger partial charge in [0.25, 0.3) is 0 Å². The Hall–Kier alpha value is -1.77. The molecule has 0 aliphatic carbocycles. The van der Waals surface area contributed by atoms with Crippen molar-refractivity contribution in [3.05, 3.63) is 12.3 Å². The molecule has 6 nitrogen and oxygen atoms in total. The zero-order valence-corrected chi connectivity index (χ0v) is 11.1. The Morgan fingerprint density at radius 3 is 2.45 bits per heavy atom. The zero-order valence-electron chi connectivity index (χ0n) is 11.1. The normalized spacial score (nSPS) is 21.4. The predicted molar refractivity (Wildman–Crippen MR) is 68.6 cm³/mol. The Labute approximate surface area is 114 Å². The minimum Gasteiger partial charge on any atom is -0.475 e. The van der Waals surface area contributed by atoms with Crippen LogP contribution < -0.4 is 16.8 Å². The number of nitrogens with one attached hydrogen (secondary N) is 1. The summed E-state index contributed by atoms with van der Waals surface area (Å²) in [7, 11) is 0. The van der Waals surface area contributed by atoms with Gasteiger partial charge >= 0.3 is 12.1 Å². The molecule has 1 unspecified atom stereocenters. The van der Waals surface area contributed by atoms with E-state index in [-0.39, 0.29) is 0 Å². The molecule has 0 aromatic rings. The van der Waals surface area contributed by atoms with Crippen molar-refractivity contribution >= 4 is 11.9 Å². The molecule has 1 rings (SSSR count). The SMILES string of the molecule is CCCCCC1(N)C=CNC(N)=N1.O=C(O)C(F)(F)F. The number of aliphatic imine (C=N–C) groups is 1. The van der Waals surface area contributed by atoms with Gasteiger partial charge in [-0.2, -0.15) is 13.2 Å². The molecule has 6 N–H and O–H groups in total. The highest BCUT2D eigenvalue weighted by molar-refractivity contribution is 5.80. The van der Waals surface area contributed by atoms with Crippen LogP contribution in [-0.4, -0.2) is 28.9 Å². The fourth-order valence-electron chi connectivity index (χ4n) is 1.36. The van der Waals surface area contributed by atoms with E-state index in [1.807, 2.05) is 6.08 Å². The van der Waals surface area contributed by atoms with E-state index in [1.54, 1.807) is 6.20 Å². The van der Waals surface area contributed by atoms with E-state index in [2.05, 4.69) is 17.2 Å². The van der Waals surface area contributed by atoms with E-state index in [1.165, 1.54) is 12.8 Å². The first-order valence-corrected chi connectivity index (χ1v) is 5.99. The summed E-state index contributed by atoms with van der Waals surface area (Å²) in [6.45, 7) is 2.17. The van der Waals surface area contributed by atoms with Crippen LogP contribution in [0, 0.1) is 0 Å². The van der Waals surface area contributed by atoms with Crippen molar-refractivity contribution in [1.29, 1.82) is 0 Å². The first kappa shape index (κ1) is 18.2. The quantitative estimate of drug-likeness (QED) is 0.584. The molecule has 1 aliphatic heterocycles. The molecular formula is C11H19F3N4O2. The Balaban J connectivity index is 0.000000441. The van der Waals surface area contributed by atoms with Gasteiger partial charge in [-0.25, -0.2) is 9.79 Å². The van der Waals surface area contributed by atoms with Crippen LogP contribution in [0.5, 0.6) is 0 Å². The Morgan fingerprint density at radius 2 is 2.05 bits per heavy atom. The van der Waals surface area contributed by atoms with Gasteiger partial charge in [0.15, 0.2) is 5.96 Å². The molecule has 0 saturated heterocycles. The standard InChI is InChI=1S/C9H18N4.C2HF3O2/c1-2-3-4-5-9(11)6-7-12-8(10)13-9;3-2(4,5)1(6)7/h6-7H,2-5,11H2,1H3,(H3,10,12,13);(H,6,7). The monoisotopic (exact) mass is 296 g/mol. The van der Waals surface area contributed by atoms with E-state index < -0.39 is 17.8 Å². The summed E-state index contributed by atoms with van der Waals surface area (Å²) in [6.07, 6.45) is 2.87. The van der Waals surface area contributed by atoms with E-state index in [4.69, 9.17) is 21.4 Å². The average molecular weight is 296 g/mol. The van der Waals surface area contributed by atoms with Gasteiger partial charge in [-0.15, -0.1) is 0 Å². The van der Waals surface area contributed by atoms with Crippen LogP contribution in [0.15, 0.2) is 17.3 Å². The van der Waals surface area contributed by atoms with E-state index in [0.29, 0.717) is 5.96 Å². The summed E-state index contributed by atoms with van der Waals surface area (Å²) >= 11 is 0. The number of hydrogen-bond donors (Lipinski definition) is 4. The van der Waals surface area contributed by atoms with Gasteiger partial charge in [-0.3, -0.25) is 0 Å². The number of nitrogens with two attached hydrogens (primary N) is 2. The van der Waals surface area contributed by atoms with Crippen molar-refractivity contribution in [3.63, 3.8) is 0 Å². The first-order valence-electron chi connectivity index (χ1n) is 5.99. The van der Waals surface area contributed by atoms with Crippen LogP contribution in [0.2, 0.25) is 0 Å². The number of carboxylic acids is 1. The van der Waals surface area contributed by atoms with Gasteiger partial charge in [0.05, 0.1) is 0 Å². The fraction of sp³-hybridized carbons (Fsp3) is 0.636. The van der Waals surface area contributed by atoms with Crippen LogP contribution in [0.4, 0.5) is 13.2 Å². The lowest BCUT2D eigenvalue weighted by molar-refractivity contribution is -0.192. The summed E-state index contributed by atoms with van der Waals surface area (Å²) in [5, 5.41) is 9.92. The third kappa shape index (κ3) is 7.62. The number of alkyl halides is 3. The molecule has 20 heavy (non-hydrogen) atoms. The Morgan fingerprint density at radius 1 is 1.50 bits per heavy atom. The van der Waals surface area contributed by atoms with Gasteiger partial charge in [0.2, 0.25) is 0 Å². The number of carbonyl (C=O) groups is 1. The summed E-state index contributed by atoms with van der Waals surface area (Å²) < 4.78 is 31.7. The summed E-state index contributed by atoms with van der Waals surface area (Å²) in [6, 6.07) is 0. The number of hydrogen-bond acceptors (Lipinski definition) is 5. The van der Waals surface area contributed by atoms with Crippen molar-refractivity contribution in [2.45, 2.75) is 44.4 Å². The molecule has 9 heteroatoms. The third-order valence-corrected chi connectivity index (χ3v) is 2.36. The average Bonchev–Trinajstić information content (AvgIpc) is 2.28. The third-order valence-electron chi connectivity index (χ3n) is 2.36. The lowest BCUT2D eigenvalue weighted by Crippen LogP contribution is -2.44. The number of rotatable bonds is 4. The highest BCUT2D eigenvalue weighted by atomic mass is 19.4.